The monoisotopic (exact) mass is 319 g/mol. The van der Waals surface area contributed by atoms with E-state index in [2.05, 4.69) is 44.3 Å². The Morgan fingerprint density at radius 1 is 1.24 bits per heavy atom. The van der Waals surface area contributed by atoms with E-state index in [1.165, 1.54) is 11.8 Å². The third-order valence-corrected chi connectivity index (χ3v) is 3.80. The number of nitrogens with one attached hydrogen (secondary N) is 2. The lowest BCUT2D eigenvalue weighted by Gasteiger charge is -2.04. The summed E-state index contributed by atoms with van der Waals surface area (Å²) in [6.45, 7) is 2.88. The molecule has 0 aliphatic rings. The summed E-state index contributed by atoms with van der Waals surface area (Å²) in [5, 5.41) is 6.01. The number of aromatic amines is 1. The van der Waals surface area contributed by atoms with Crippen molar-refractivity contribution in [3.05, 3.63) is 35.6 Å². The highest BCUT2D eigenvalue weighted by molar-refractivity contribution is 7.99. The molecule has 0 saturated heterocycles. The van der Waals surface area contributed by atoms with Gasteiger partial charge in [0.1, 0.15) is 0 Å². The summed E-state index contributed by atoms with van der Waals surface area (Å²) in [4.78, 5) is 15.9. The maximum atomic E-state index is 5.95. The lowest BCUT2D eigenvalue weighted by Crippen LogP contribution is -2.06. The number of anilines is 1. The van der Waals surface area contributed by atoms with Gasteiger partial charge in [0.2, 0.25) is 11.2 Å². The fourth-order valence-electron chi connectivity index (χ4n) is 1.89. The van der Waals surface area contributed by atoms with E-state index in [9.17, 15) is 0 Å². The Kier molecular flexibility index (Phi) is 4.26. The Morgan fingerprint density at radius 2 is 2.10 bits per heavy atom. The first-order valence-corrected chi connectivity index (χ1v) is 7.85. The Labute approximate surface area is 131 Å². The summed E-state index contributed by atoms with van der Waals surface area (Å²) in [5.41, 5.74) is 1.09. The second kappa shape index (κ2) is 6.32. The molecule has 5 nitrogen and oxygen atoms in total. The largest absolute Gasteiger partial charge is 0.354 e. The second-order valence-electron chi connectivity index (χ2n) is 4.46. The molecule has 0 bridgehead atoms. The van der Waals surface area contributed by atoms with Gasteiger partial charge in [-0.05, 0) is 41.9 Å². The van der Waals surface area contributed by atoms with Crippen LogP contribution in [0.5, 0.6) is 0 Å². The molecule has 0 spiro atoms. The van der Waals surface area contributed by atoms with E-state index in [0.717, 1.165) is 28.9 Å². The Balaban J connectivity index is 1.84. The molecule has 7 heteroatoms. The van der Waals surface area contributed by atoms with Crippen molar-refractivity contribution >= 4 is 40.2 Å². The van der Waals surface area contributed by atoms with Gasteiger partial charge in [0.05, 0.1) is 5.03 Å². The zero-order chi connectivity index (χ0) is 14.7. The lowest BCUT2D eigenvalue weighted by molar-refractivity contribution is 0.877. The van der Waals surface area contributed by atoms with Crippen molar-refractivity contribution < 1.29 is 0 Å². The molecular weight excluding hydrogens is 306 g/mol. The van der Waals surface area contributed by atoms with Crippen LogP contribution >= 0.6 is 23.4 Å². The molecule has 2 N–H and O–H groups in total. The molecule has 0 fully saturated rings. The Hall–Kier alpha value is -1.79. The molecule has 0 amide bonds. The van der Waals surface area contributed by atoms with Crippen LogP contribution in [0.2, 0.25) is 5.28 Å². The van der Waals surface area contributed by atoms with E-state index in [1.54, 1.807) is 0 Å². The fourth-order valence-corrected chi connectivity index (χ4v) is 2.91. The predicted octanol–water partition coefficient (Wildman–Crippen LogP) is 3.98. The quantitative estimate of drug-likeness (QED) is 0.744. The molecule has 2 heterocycles. The number of H-pyrrole nitrogens is 1. The number of hydrogen-bond donors (Lipinski definition) is 2. The minimum absolute atomic E-state index is 0.196. The summed E-state index contributed by atoms with van der Waals surface area (Å²) in [6, 6.07) is 10.2. The van der Waals surface area contributed by atoms with Gasteiger partial charge in [0, 0.05) is 17.4 Å². The summed E-state index contributed by atoms with van der Waals surface area (Å²) in [6.07, 6.45) is 0.994. The number of para-hydroxylation sites is 1. The topological polar surface area (TPSA) is 66.5 Å². The van der Waals surface area contributed by atoms with Gasteiger partial charge in [-0.15, -0.1) is 0 Å². The number of nitrogens with zero attached hydrogens (tertiary/aromatic N) is 3. The van der Waals surface area contributed by atoms with Crippen LogP contribution in [0.3, 0.4) is 0 Å². The number of benzene rings is 1. The number of aromatic nitrogens is 4. The maximum absolute atomic E-state index is 5.95. The molecule has 0 aliphatic carbocycles. The summed E-state index contributed by atoms with van der Waals surface area (Å²) in [7, 11) is 0. The van der Waals surface area contributed by atoms with Crippen molar-refractivity contribution in [1.82, 2.24) is 19.9 Å². The molecule has 0 aliphatic heterocycles. The lowest BCUT2D eigenvalue weighted by atomic mass is 10.3. The second-order valence-corrected chi connectivity index (χ2v) is 5.81. The van der Waals surface area contributed by atoms with Crippen molar-refractivity contribution in [3.63, 3.8) is 0 Å². The van der Waals surface area contributed by atoms with Gasteiger partial charge in [0.15, 0.2) is 5.16 Å². The summed E-state index contributed by atoms with van der Waals surface area (Å²) in [5.74, 6) is 0.510. The zero-order valence-corrected chi connectivity index (χ0v) is 13.0. The van der Waals surface area contributed by atoms with Gasteiger partial charge >= 0.3 is 0 Å². The molecule has 3 aromatic rings. The van der Waals surface area contributed by atoms with Crippen molar-refractivity contribution in [2.75, 3.05) is 11.9 Å². The standard InChI is InChI=1S/C14H14ClN5S/c1-2-7-16-13-18-12(15)19-14(20-13)21-11-8-9-5-3-4-6-10(9)17-11/h3-6,8,17H,2,7H2,1H3,(H,16,18,19,20). The SMILES string of the molecule is CCCNc1nc(Cl)nc(Sc2cc3ccccc3[nH]2)n1. The third-order valence-electron chi connectivity index (χ3n) is 2.83. The van der Waals surface area contributed by atoms with Crippen LogP contribution in [0.25, 0.3) is 10.9 Å². The average Bonchev–Trinajstić information content (AvgIpc) is 2.86. The van der Waals surface area contributed by atoms with Gasteiger partial charge in [-0.3, -0.25) is 0 Å². The van der Waals surface area contributed by atoms with E-state index in [1.807, 2.05) is 18.2 Å². The van der Waals surface area contributed by atoms with Crippen LogP contribution in [-0.2, 0) is 0 Å². The highest BCUT2D eigenvalue weighted by Gasteiger charge is 2.08. The molecule has 0 saturated carbocycles. The van der Waals surface area contributed by atoms with Crippen LogP contribution < -0.4 is 5.32 Å². The average molecular weight is 320 g/mol. The van der Waals surface area contributed by atoms with Crippen molar-refractivity contribution in [2.24, 2.45) is 0 Å². The normalized spacial score (nSPS) is 11.0. The number of fused-ring (bicyclic) bond motifs is 1. The Morgan fingerprint density at radius 3 is 2.90 bits per heavy atom. The van der Waals surface area contributed by atoms with Crippen LogP contribution in [0.15, 0.2) is 40.5 Å². The van der Waals surface area contributed by atoms with Crippen LogP contribution in [-0.4, -0.2) is 26.5 Å². The number of rotatable bonds is 5. The molecule has 1 aromatic carbocycles. The summed E-state index contributed by atoms with van der Waals surface area (Å²) >= 11 is 7.38. The van der Waals surface area contributed by atoms with Gasteiger partial charge in [0.25, 0.3) is 0 Å². The smallest absolute Gasteiger partial charge is 0.228 e. The minimum Gasteiger partial charge on any atom is -0.354 e. The molecule has 2 aromatic heterocycles. The van der Waals surface area contributed by atoms with Gasteiger partial charge in [-0.25, -0.2) is 0 Å². The van der Waals surface area contributed by atoms with E-state index in [0.29, 0.717) is 11.1 Å². The molecule has 0 radical (unpaired) electrons. The molecule has 0 atom stereocenters. The number of hydrogen-bond acceptors (Lipinski definition) is 5. The molecule has 21 heavy (non-hydrogen) atoms. The molecule has 108 valence electrons. The highest BCUT2D eigenvalue weighted by atomic mass is 35.5. The molecule has 3 rings (SSSR count). The van der Waals surface area contributed by atoms with Crippen LogP contribution in [0.1, 0.15) is 13.3 Å². The predicted molar refractivity (Wildman–Crippen MR) is 86.0 cm³/mol. The van der Waals surface area contributed by atoms with Gasteiger partial charge in [-0.2, -0.15) is 15.0 Å². The van der Waals surface area contributed by atoms with E-state index in [4.69, 9.17) is 11.6 Å². The first-order valence-electron chi connectivity index (χ1n) is 6.65. The Bertz CT molecular complexity index is 725. The maximum Gasteiger partial charge on any atom is 0.228 e. The van der Waals surface area contributed by atoms with Gasteiger partial charge in [-0.1, -0.05) is 25.1 Å². The first-order chi connectivity index (χ1) is 10.2. The molecule has 0 unspecified atom stereocenters. The molecular formula is C14H14ClN5S. The summed E-state index contributed by atoms with van der Waals surface area (Å²) < 4.78 is 0. The van der Waals surface area contributed by atoms with Crippen LogP contribution in [0.4, 0.5) is 5.95 Å². The van der Waals surface area contributed by atoms with E-state index < -0.39 is 0 Å². The van der Waals surface area contributed by atoms with Crippen molar-refractivity contribution in [3.8, 4) is 0 Å². The minimum atomic E-state index is 0.196. The van der Waals surface area contributed by atoms with Crippen LogP contribution in [0, 0.1) is 0 Å². The third kappa shape index (κ3) is 3.46. The van der Waals surface area contributed by atoms with E-state index in [-0.39, 0.29) is 5.28 Å². The zero-order valence-electron chi connectivity index (χ0n) is 11.4. The van der Waals surface area contributed by atoms with Gasteiger partial charge < -0.3 is 10.3 Å². The fraction of sp³-hybridized carbons (Fsp3) is 0.214. The van der Waals surface area contributed by atoms with E-state index >= 15 is 0 Å². The van der Waals surface area contributed by atoms with Crippen molar-refractivity contribution in [2.45, 2.75) is 23.5 Å². The highest BCUT2D eigenvalue weighted by Crippen LogP contribution is 2.28. The number of halogens is 1. The first kappa shape index (κ1) is 14.2. The van der Waals surface area contributed by atoms with Crippen molar-refractivity contribution in [1.29, 1.82) is 0 Å².